The van der Waals surface area contributed by atoms with E-state index in [9.17, 15) is 4.79 Å². The van der Waals surface area contributed by atoms with E-state index in [4.69, 9.17) is 8.39 Å². The van der Waals surface area contributed by atoms with Crippen LogP contribution in [0.5, 0.6) is 0 Å². The standard InChI is InChI=1S/C42H60N3O3P/c1-39(2,3)28-22-30-31-23-29(40(4,5)6)25-33(42(10,11)12)37(31)48-49(47-36(30)32(24-28)41(7,8)9)45-35-21-17-16-20-34(35)44-38(46)43-26-27-18-14-13-15-19-27/h13-15,18-19,22-25,34-35,45H,16-17,20-21,26H2,1-12H3,(H2,43,44,46)/t34-,35-/m0/s1. The van der Waals surface area contributed by atoms with Crippen molar-refractivity contribution < 1.29 is 13.2 Å². The molecule has 1 heterocycles. The summed E-state index contributed by atoms with van der Waals surface area (Å²) in [4.78, 5) is 13.1. The van der Waals surface area contributed by atoms with Gasteiger partial charge in [0.1, 0.15) is 11.2 Å². The van der Waals surface area contributed by atoms with E-state index in [0.29, 0.717) is 6.54 Å². The minimum Gasteiger partial charge on any atom is -0.408 e. The van der Waals surface area contributed by atoms with Gasteiger partial charge in [-0.25, -0.2) is 9.88 Å². The van der Waals surface area contributed by atoms with Crippen molar-refractivity contribution >= 4 is 36.1 Å². The lowest BCUT2D eigenvalue weighted by Gasteiger charge is -2.32. The van der Waals surface area contributed by atoms with Gasteiger partial charge in [-0.1, -0.05) is 138 Å². The topological polar surface area (TPSA) is 79.4 Å². The van der Waals surface area contributed by atoms with E-state index in [-0.39, 0.29) is 39.8 Å². The zero-order chi connectivity index (χ0) is 35.9. The molecule has 3 N–H and O–H groups in total. The average molecular weight is 686 g/mol. The lowest BCUT2D eigenvalue weighted by Crippen LogP contribution is -2.51. The van der Waals surface area contributed by atoms with Gasteiger partial charge in [-0.15, -0.1) is 0 Å². The van der Waals surface area contributed by atoms with Gasteiger partial charge in [0, 0.05) is 40.5 Å². The molecule has 1 aromatic heterocycles. The number of carbonyl (C=O) groups excluding carboxylic acids is 1. The Morgan fingerprint density at radius 2 is 1.14 bits per heavy atom. The van der Waals surface area contributed by atoms with E-state index >= 15 is 0 Å². The molecule has 0 spiro atoms. The minimum absolute atomic E-state index is 0.00575. The molecule has 7 heteroatoms. The third-order valence-corrected chi connectivity index (χ3v) is 11.1. The molecule has 0 bridgehead atoms. The van der Waals surface area contributed by atoms with Crippen molar-refractivity contribution in [3.63, 3.8) is 0 Å². The SMILES string of the molecule is CC(C)(C)c1cc(C(C)(C)C)c2op(N[C@H]3CCCC[C@@H]3NC(=O)NCc3ccccc3)oc3c(C(C)(C)C)cc(C(C)(C)C)cc3c2c1. The molecular formula is C42H60N3O3P. The second-order valence-electron chi connectivity index (χ2n) is 18.2. The third-order valence-electron chi connectivity index (χ3n) is 9.81. The summed E-state index contributed by atoms with van der Waals surface area (Å²) in [7, 11) is -1.61. The van der Waals surface area contributed by atoms with Crippen molar-refractivity contribution in [2.45, 2.75) is 149 Å². The Morgan fingerprint density at radius 1 is 0.673 bits per heavy atom. The van der Waals surface area contributed by atoms with Crippen LogP contribution in [0.15, 0.2) is 63.0 Å². The molecule has 4 aromatic rings. The first-order valence-electron chi connectivity index (χ1n) is 18.1. The van der Waals surface area contributed by atoms with Crippen molar-refractivity contribution in [3.05, 3.63) is 82.4 Å². The maximum Gasteiger partial charge on any atom is 0.315 e. The molecule has 2 amide bonds. The number of fused-ring (bicyclic) bond motifs is 3. The molecular weight excluding hydrogens is 625 g/mol. The van der Waals surface area contributed by atoms with Gasteiger partial charge in [-0.2, -0.15) is 0 Å². The van der Waals surface area contributed by atoms with Crippen molar-refractivity contribution in [2.75, 3.05) is 5.09 Å². The fraction of sp³-hybridized carbons (Fsp3) is 0.548. The van der Waals surface area contributed by atoms with Crippen LogP contribution in [0.3, 0.4) is 0 Å². The lowest BCUT2D eigenvalue weighted by molar-refractivity contribution is 0.230. The van der Waals surface area contributed by atoms with Crippen molar-refractivity contribution in [3.8, 4) is 0 Å². The average Bonchev–Trinajstić information content (AvgIpc) is 3.15. The van der Waals surface area contributed by atoms with Crippen LogP contribution >= 0.6 is 8.16 Å². The molecule has 1 fully saturated rings. The van der Waals surface area contributed by atoms with Crippen molar-refractivity contribution in [2.24, 2.45) is 0 Å². The second kappa shape index (κ2) is 13.8. The lowest BCUT2D eigenvalue weighted by atomic mass is 9.77. The number of hydrogen-bond acceptors (Lipinski definition) is 4. The van der Waals surface area contributed by atoms with Crippen LogP contribution in [0.4, 0.5) is 4.79 Å². The summed E-state index contributed by atoms with van der Waals surface area (Å²) in [6.45, 7) is 27.8. The molecule has 0 aliphatic heterocycles. The monoisotopic (exact) mass is 685 g/mol. The fourth-order valence-electron chi connectivity index (χ4n) is 6.66. The van der Waals surface area contributed by atoms with E-state index in [2.05, 4.69) is 123 Å². The minimum atomic E-state index is -1.61. The molecule has 0 unspecified atom stereocenters. The van der Waals surface area contributed by atoms with Gasteiger partial charge >= 0.3 is 14.2 Å². The van der Waals surface area contributed by atoms with Gasteiger partial charge < -0.3 is 19.0 Å². The highest BCUT2D eigenvalue weighted by Crippen LogP contribution is 2.45. The summed E-state index contributed by atoms with van der Waals surface area (Å²) in [5.74, 6) is 0. The zero-order valence-electron chi connectivity index (χ0n) is 32.1. The van der Waals surface area contributed by atoms with Gasteiger partial charge in [0.25, 0.3) is 0 Å². The molecule has 0 saturated heterocycles. The summed E-state index contributed by atoms with van der Waals surface area (Å²) in [5.41, 5.74) is 7.33. The van der Waals surface area contributed by atoms with Gasteiger partial charge in [0.05, 0.1) is 0 Å². The molecule has 6 nitrogen and oxygen atoms in total. The number of nitrogens with one attached hydrogen (secondary N) is 3. The van der Waals surface area contributed by atoms with Crippen molar-refractivity contribution in [1.29, 1.82) is 0 Å². The van der Waals surface area contributed by atoms with Gasteiger partial charge in [0.15, 0.2) is 0 Å². The Hall–Kier alpha value is -3.21. The predicted molar refractivity (Wildman–Crippen MR) is 208 cm³/mol. The van der Waals surface area contributed by atoms with E-state index in [0.717, 1.165) is 53.2 Å². The summed E-state index contributed by atoms with van der Waals surface area (Å²) in [6, 6.07) is 19.2. The third kappa shape index (κ3) is 8.75. The Bertz CT molecular complexity index is 1740. The first-order valence-corrected chi connectivity index (χ1v) is 19.3. The highest BCUT2D eigenvalue weighted by Gasteiger charge is 2.31. The van der Waals surface area contributed by atoms with Crippen LogP contribution in [0.1, 0.15) is 137 Å². The molecule has 266 valence electrons. The van der Waals surface area contributed by atoms with Gasteiger partial charge in [-0.3, -0.25) is 0 Å². The summed E-state index contributed by atoms with van der Waals surface area (Å²) < 4.78 is 14.2. The number of urea groups is 1. The molecule has 0 radical (unpaired) electrons. The molecule has 5 rings (SSSR count). The van der Waals surface area contributed by atoms with E-state index in [1.165, 1.54) is 22.3 Å². The first-order chi connectivity index (χ1) is 22.7. The maximum absolute atomic E-state index is 13.1. The number of rotatable bonds is 5. The van der Waals surface area contributed by atoms with Crippen LogP contribution in [0.25, 0.3) is 21.9 Å². The van der Waals surface area contributed by atoms with Crippen LogP contribution in [0.2, 0.25) is 0 Å². The van der Waals surface area contributed by atoms with Crippen LogP contribution in [-0.4, -0.2) is 18.1 Å². The molecule has 49 heavy (non-hydrogen) atoms. The summed E-state index contributed by atoms with van der Waals surface area (Å²) in [6.07, 6.45) is 3.99. The van der Waals surface area contributed by atoms with Crippen LogP contribution in [-0.2, 0) is 28.2 Å². The zero-order valence-corrected chi connectivity index (χ0v) is 33.0. The molecule has 1 saturated carbocycles. The number of hydrogen-bond donors (Lipinski definition) is 3. The number of amides is 2. The van der Waals surface area contributed by atoms with Crippen LogP contribution in [0, 0.1) is 0 Å². The Morgan fingerprint density at radius 3 is 1.59 bits per heavy atom. The van der Waals surface area contributed by atoms with E-state index in [1.54, 1.807) is 0 Å². The normalized spacial score (nSPS) is 17.7. The van der Waals surface area contributed by atoms with Crippen molar-refractivity contribution in [1.82, 2.24) is 10.6 Å². The summed E-state index contributed by atoms with van der Waals surface area (Å²) in [5, 5.41) is 12.4. The van der Waals surface area contributed by atoms with Crippen LogP contribution < -0.4 is 15.7 Å². The largest absolute Gasteiger partial charge is 0.408 e. The Kier molecular flexibility index (Phi) is 10.5. The predicted octanol–water partition coefficient (Wildman–Crippen LogP) is 11.8. The number of carbonyl (C=O) groups is 1. The molecule has 1 aliphatic carbocycles. The molecule has 3 aromatic carbocycles. The number of benzene rings is 3. The highest BCUT2D eigenvalue weighted by molar-refractivity contribution is 7.38. The first kappa shape index (κ1) is 37.1. The van der Waals surface area contributed by atoms with Gasteiger partial charge in [0.2, 0.25) is 0 Å². The van der Waals surface area contributed by atoms with E-state index < -0.39 is 8.16 Å². The Balaban J connectivity index is 1.70. The smallest absolute Gasteiger partial charge is 0.315 e. The Labute approximate surface area is 295 Å². The van der Waals surface area contributed by atoms with Gasteiger partial charge in [-0.05, 0) is 63.3 Å². The van der Waals surface area contributed by atoms with E-state index in [1.807, 2.05) is 30.3 Å². The summed E-state index contributed by atoms with van der Waals surface area (Å²) >= 11 is 0. The quantitative estimate of drug-likeness (QED) is 0.195. The molecule has 2 atom stereocenters. The fourth-order valence-corrected chi connectivity index (χ4v) is 8.11. The second-order valence-corrected chi connectivity index (χ2v) is 19.3. The maximum atomic E-state index is 13.1. The molecule has 1 aliphatic rings. The highest BCUT2D eigenvalue weighted by atomic mass is 31.1.